The molecule has 6 nitrogen and oxygen atoms in total. The minimum atomic E-state index is -1.63. The van der Waals surface area contributed by atoms with Crippen LogP contribution in [0.25, 0.3) is 0 Å². The molecule has 1 aromatic heterocycles. The molecule has 0 fully saturated rings. The maximum absolute atomic E-state index is 13.6. The highest BCUT2D eigenvalue weighted by Crippen LogP contribution is 2.40. The Bertz CT molecular complexity index is 605. The topological polar surface area (TPSA) is 84.3 Å². The molecule has 120 valence electrons. The van der Waals surface area contributed by atoms with E-state index >= 15 is 0 Å². The van der Waals surface area contributed by atoms with Crippen LogP contribution in [-0.2, 0) is 10.2 Å². The first kappa shape index (κ1) is 17.8. The maximum Gasteiger partial charge on any atom is 0.330 e. The molecule has 0 spiro atoms. The van der Waals surface area contributed by atoms with Crippen molar-refractivity contribution in [3.63, 3.8) is 0 Å². The zero-order valence-corrected chi connectivity index (χ0v) is 14.2. The van der Waals surface area contributed by atoms with Crippen molar-refractivity contribution < 1.29 is 13.9 Å². The van der Waals surface area contributed by atoms with Crippen molar-refractivity contribution in [3.05, 3.63) is 32.9 Å². The van der Waals surface area contributed by atoms with Gasteiger partial charge in [-0.2, -0.15) is 4.39 Å². The molecule has 0 saturated carbocycles. The van der Waals surface area contributed by atoms with Crippen LogP contribution in [0.5, 0.6) is 0 Å². The van der Waals surface area contributed by atoms with Gasteiger partial charge in [0.15, 0.2) is 9.04 Å². The van der Waals surface area contributed by atoms with E-state index in [1.807, 2.05) is 38.8 Å². The van der Waals surface area contributed by atoms with Gasteiger partial charge in [-0.05, 0) is 13.1 Å². The van der Waals surface area contributed by atoms with Gasteiger partial charge >= 0.3 is 5.69 Å². The highest BCUT2D eigenvalue weighted by Gasteiger charge is 2.46. The number of hydrogen-bond donors (Lipinski definition) is 2. The van der Waals surface area contributed by atoms with E-state index in [9.17, 15) is 19.1 Å². The fraction of sp³-hybridized carbons (Fsp3) is 0.692. The standard InChI is InChI=1S/C13H23FN2O4Si/c1-12(2,3)13(6-7-17,20-21(4)5)16-8-9(14)10(18)15-11(16)19/h8,17,21H,6-7H2,1-5H3,(H,15,18,19). The van der Waals surface area contributed by atoms with Crippen molar-refractivity contribution in [2.45, 2.75) is 46.0 Å². The molecule has 1 heterocycles. The monoisotopic (exact) mass is 318 g/mol. The Balaban J connectivity index is 3.67. The molecule has 0 aromatic carbocycles. The van der Waals surface area contributed by atoms with Crippen LogP contribution in [0.2, 0.25) is 13.1 Å². The Labute approximate surface area is 124 Å². The number of aromatic amines is 1. The SMILES string of the molecule is C[SiH](C)OC(CCO)(n1cc(F)c(=O)[nH]c1=O)C(C)(C)C. The van der Waals surface area contributed by atoms with E-state index < -0.39 is 37.2 Å². The molecular formula is C13H23FN2O4Si. The van der Waals surface area contributed by atoms with E-state index in [2.05, 4.69) is 0 Å². The Morgan fingerprint density at radius 2 is 1.95 bits per heavy atom. The van der Waals surface area contributed by atoms with Gasteiger partial charge in [0.05, 0.1) is 6.20 Å². The second kappa shape index (κ2) is 6.25. The van der Waals surface area contributed by atoms with Gasteiger partial charge in [-0.3, -0.25) is 14.3 Å². The van der Waals surface area contributed by atoms with Crippen LogP contribution in [-0.4, -0.2) is 30.3 Å². The number of H-pyrrole nitrogens is 1. The predicted molar refractivity (Wildman–Crippen MR) is 80.4 cm³/mol. The molecule has 1 aromatic rings. The smallest absolute Gasteiger partial charge is 0.330 e. The number of aliphatic hydroxyl groups is 1. The molecule has 0 aliphatic heterocycles. The van der Waals surface area contributed by atoms with Crippen LogP contribution in [0.3, 0.4) is 0 Å². The van der Waals surface area contributed by atoms with Crippen LogP contribution < -0.4 is 11.2 Å². The van der Waals surface area contributed by atoms with Gasteiger partial charge in [0.2, 0.25) is 5.82 Å². The fourth-order valence-corrected chi connectivity index (χ4v) is 3.77. The molecular weight excluding hydrogens is 295 g/mol. The van der Waals surface area contributed by atoms with Crippen molar-refractivity contribution in [2.75, 3.05) is 6.61 Å². The van der Waals surface area contributed by atoms with Gasteiger partial charge in [0.25, 0.3) is 5.56 Å². The second-order valence-electron chi connectivity index (χ2n) is 6.28. The second-order valence-corrected chi connectivity index (χ2v) is 8.61. The zero-order valence-electron chi connectivity index (χ0n) is 13.1. The van der Waals surface area contributed by atoms with Gasteiger partial charge in [-0.25, -0.2) is 4.79 Å². The van der Waals surface area contributed by atoms with Gasteiger partial charge in [-0.1, -0.05) is 20.8 Å². The third kappa shape index (κ3) is 3.50. The summed E-state index contributed by atoms with van der Waals surface area (Å²) in [6.45, 7) is 9.14. The summed E-state index contributed by atoms with van der Waals surface area (Å²) >= 11 is 0. The summed E-state index contributed by atoms with van der Waals surface area (Å²) in [6, 6.07) is 0. The quantitative estimate of drug-likeness (QED) is 0.785. The highest BCUT2D eigenvalue weighted by atomic mass is 28.3. The van der Waals surface area contributed by atoms with E-state index in [1.165, 1.54) is 0 Å². The Morgan fingerprint density at radius 3 is 2.38 bits per heavy atom. The van der Waals surface area contributed by atoms with Crippen LogP contribution in [0.1, 0.15) is 27.2 Å². The molecule has 1 unspecified atom stereocenters. The highest BCUT2D eigenvalue weighted by molar-refractivity contribution is 6.48. The summed E-state index contributed by atoms with van der Waals surface area (Å²) in [4.78, 5) is 25.3. The largest absolute Gasteiger partial charge is 0.398 e. The molecule has 0 saturated heterocycles. The molecule has 0 bridgehead atoms. The summed E-state index contributed by atoms with van der Waals surface area (Å²) in [6.07, 6.45) is 0.978. The molecule has 0 aliphatic carbocycles. The van der Waals surface area contributed by atoms with Crippen LogP contribution in [0.15, 0.2) is 15.8 Å². The lowest BCUT2D eigenvalue weighted by molar-refractivity contribution is -0.125. The van der Waals surface area contributed by atoms with E-state index in [0.717, 1.165) is 10.8 Å². The van der Waals surface area contributed by atoms with Crippen molar-refractivity contribution in [3.8, 4) is 0 Å². The molecule has 2 N–H and O–H groups in total. The first-order chi connectivity index (χ1) is 9.55. The predicted octanol–water partition coefficient (Wildman–Crippen LogP) is 0.757. The molecule has 0 amide bonds. The Kier molecular flexibility index (Phi) is 5.29. The normalized spacial score (nSPS) is 15.2. The first-order valence-electron chi connectivity index (χ1n) is 6.86. The van der Waals surface area contributed by atoms with E-state index in [1.54, 1.807) is 0 Å². The maximum atomic E-state index is 13.6. The first-order valence-corrected chi connectivity index (χ1v) is 9.64. The van der Waals surface area contributed by atoms with Crippen LogP contribution in [0, 0.1) is 11.2 Å². The van der Waals surface area contributed by atoms with Crippen molar-refractivity contribution in [2.24, 2.45) is 5.41 Å². The van der Waals surface area contributed by atoms with Crippen LogP contribution >= 0.6 is 0 Å². The number of nitrogens with one attached hydrogen (secondary N) is 1. The average Bonchev–Trinajstić information content (AvgIpc) is 2.31. The third-order valence-corrected chi connectivity index (χ3v) is 4.20. The van der Waals surface area contributed by atoms with Crippen molar-refractivity contribution >= 4 is 9.04 Å². The number of nitrogens with zero attached hydrogens (tertiary/aromatic N) is 1. The minimum Gasteiger partial charge on any atom is -0.398 e. The van der Waals surface area contributed by atoms with Gasteiger partial charge in [0.1, 0.15) is 5.72 Å². The lowest BCUT2D eigenvalue weighted by atomic mass is 9.80. The molecule has 0 radical (unpaired) electrons. The van der Waals surface area contributed by atoms with Crippen molar-refractivity contribution in [1.29, 1.82) is 0 Å². The summed E-state index contributed by atoms with van der Waals surface area (Å²) in [5.41, 5.74) is -3.63. The Hall–Kier alpha value is -1.25. The third-order valence-electron chi connectivity index (χ3n) is 3.34. The number of aliphatic hydroxyl groups excluding tert-OH is 1. The van der Waals surface area contributed by atoms with Gasteiger partial charge in [-0.15, -0.1) is 0 Å². The molecule has 21 heavy (non-hydrogen) atoms. The number of halogens is 1. The lowest BCUT2D eigenvalue weighted by Gasteiger charge is -2.46. The molecule has 0 aliphatic rings. The summed E-state index contributed by atoms with van der Waals surface area (Å²) < 4.78 is 20.8. The molecule has 1 atom stereocenters. The van der Waals surface area contributed by atoms with E-state index in [-0.39, 0.29) is 13.0 Å². The zero-order chi connectivity index (χ0) is 16.4. The fourth-order valence-electron chi connectivity index (χ4n) is 2.41. The van der Waals surface area contributed by atoms with Gasteiger partial charge < -0.3 is 9.53 Å². The van der Waals surface area contributed by atoms with E-state index in [4.69, 9.17) is 4.43 Å². The number of rotatable bonds is 5. The number of hydrogen-bond acceptors (Lipinski definition) is 4. The minimum absolute atomic E-state index is 0.118. The summed E-state index contributed by atoms with van der Waals surface area (Å²) in [5.74, 6) is -1.06. The van der Waals surface area contributed by atoms with Gasteiger partial charge in [0, 0.05) is 18.4 Å². The number of aromatic nitrogens is 2. The molecule has 8 heteroatoms. The lowest BCUT2D eigenvalue weighted by Crippen LogP contribution is -2.56. The molecule has 1 rings (SSSR count). The van der Waals surface area contributed by atoms with Crippen molar-refractivity contribution in [1.82, 2.24) is 9.55 Å². The average molecular weight is 318 g/mol. The summed E-state index contributed by atoms with van der Waals surface area (Å²) in [7, 11) is -1.63. The summed E-state index contributed by atoms with van der Waals surface area (Å²) in [5, 5.41) is 9.41. The Morgan fingerprint density at radius 1 is 1.38 bits per heavy atom. The van der Waals surface area contributed by atoms with E-state index in [0.29, 0.717) is 0 Å². The van der Waals surface area contributed by atoms with Crippen LogP contribution in [0.4, 0.5) is 4.39 Å².